The Labute approximate surface area is 146 Å². The van der Waals surface area contributed by atoms with Crippen molar-refractivity contribution in [2.75, 3.05) is 26.2 Å². The summed E-state index contributed by atoms with van der Waals surface area (Å²) >= 11 is 0. The van der Waals surface area contributed by atoms with Crippen molar-refractivity contribution in [2.24, 2.45) is 0 Å². The Kier molecular flexibility index (Phi) is 5.48. The zero-order chi connectivity index (χ0) is 17.6. The second-order valence-electron chi connectivity index (χ2n) is 6.13. The Morgan fingerprint density at radius 2 is 1.84 bits per heavy atom. The molecule has 0 radical (unpaired) electrons. The molecule has 1 aromatic carbocycles. The van der Waals surface area contributed by atoms with Crippen molar-refractivity contribution in [1.82, 2.24) is 9.80 Å². The second-order valence-corrected chi connectivity index (χ2v) is 6.13. The van der Waals surface area contributed by atoms with Crippen LogP contribution in [0.5, 0.6) is 0 Å². The number of rotatable bonds is 4. The number of carbonyl (C=O) groups is 2. The van der Waals surface area contributed by atoms with Crippen LogP contribution in [0.25, 0.3) is 0 Å². The molecule has 1 aliphatic rings. The highest BCUT2D eigenvalue weighted by Gasteiger charge is 2.23. The number of hydrogen-bond acceptors (Lipinski definition) is 3. The van der Waals surface area contributed by atoms with E-state index >= 15 is 0 Å². The number of hydrogen-bond donors (Lipinski definition) is 0. The average molecular weight is 344 g/mol. The lowest BCUT2D eigenvalue weighted by Gasteiger charge is -2.21. The molecule has 2 heterocycles. The van der Waals surface area contributed by atoms with Crippen molar-refractivity contribution >= 4 is 11.8 Å². The van der Waals surface area contributed by atoms with Gasteiger partial charge in [0.1, 0.15) is 5.82 Å². The van der Waals surface area contributed by atoms with Gasteiger partial charge in [0.25, 0.3) is 5.91 Å². The third kappa shape index (κ3) is 4.47. The zero-order valence-electron chi connectivity index (χ0n) is 14.0. The Morgan fingerprint density at radius 3 is 2.60 bits per heavy atom. The molecule has 25 heavy (non-hydrogen) atoms. The van der Waals surface area contributed by atoms with Crippen molar-refractivity contribution in [3.63, 3.8) is 0 Å². The first-order valence-electron chi connectivity index (χ1n) is 8.48. The molecule has 0 unspecified atom stereocenters. The molecule has 1 aromatic heterocycles. The van der Waals surface area contributed by atoms with Crippen LogP contribution in [-0.2, 0) is 11.2 Å². The van der Waals surface area contributed by atoms with E-state index < -0.39 is 0 Å². The summed E-state index contributed by atoms with van der Waals surface area (Å²) in [6, 6.07) is 9.66. The van der Waals surface area contributed by atoms with Gasteiger partial charge in [-0.15, -0.1) is 0 Å². The maximum absolute atomic E-state index is 13.2. The highest BCUT2D eigenvalue weighted by atomic mass is 19.1. The third-order valence-corrected chi connectivity index (χ3v) is 4.38. The van der Waals surface area contributed by atoms with E-state index in [0.29, 0.717) is 44.8 Å². The molecule has 0 spiro atoms. The van der Waals surface area contributed by atoms with E-state index in [0.717, 1.165) is 12.0 Å². The summed E-state index contributed by atoms with van der Waals surface area (Å²) in [7, 11) is 0. The lowest BCUT2D eigenvalue weighted by Crippen LogP contribution is -2.37. The molecule has 3 rings (SSSR count). The van der Waals surface area contributed by atoms with Crippen LogP contribution in [0.4, 0.5) is 4.39 Å². The van der Waals surface area contributed by atoms with Crippen molar-refractivity contribution < 1.29 is 18.4 Å². The van der Waals surface area contributed by atoms with E-state index in [4.69, 9.17) is 4.42 Å². The average Bonchev–Trinajstić information content (AvgIpc) is 3.03. The fraction of sp³-hybridized carbons (Fsp3) is 0.368. The number of benzene rings is 1. The molecule has 1 saturated heterocycles. The van der Waals surface area contributed by atoms with Gasteiger partial charge in [0, 0.05) is 32.6 Å². The predicted octanol–water partition coefficient (Wildman–Crippen LogP) is 2.73. The molecular formula is C19H21FN2O3. The summed E-state index contributed by atoms with van der Waals surface area (Å²) in [5, 5.41) is 0. The highest BCUT2D eigenvalue weighted by molar-refractivity contribution is 5.91. The number of aryl methyl sites for hydroxylation is 1. The van der Waals surface area contributed by atoms with Gasteiger partial charge in [0.15, 0.2) is 5.76 Å². The lowest BCUT2D eigenvalue weighted by atomic mass is 10.1. The molecule has 0 atom stereocenters. The summed E-state index contributed by atoms with van der Waals surface area (Å²) in [4.78, 5) is 28.3. The normalized spacial score (nSPS) is 15.1. The quantitative estimate of drug-likeness (QED) is 0.857. The van der Waals surface area contributed by atoms with E-state index in [1.165, 1.54) is 18.4 Å². The monoisotopic (exact) mass is 344 g/mol. The smallest absolute Gasteiger partial charge is 0.289 e. The van der Waals surface area contributed by atoms with Crippen LogP contribution in [0, 0.1) is 5.82 Å². The van der Waals surface area contributed by atoms with Crippen molar-refractivity contribution in [1.29, 1.82) is 0 Å². The standard InChI is InChI=1S/C19H21FN2O3/c20-16-5-1-4-15(14-16)7-8-18(23)21-9-3-10-22(12-11-21)19(24)17-6-2-13-25-17/h1-2,4-6,13-14H,3,7-12H2. The molecule has 5 nitrogen and oxygen atoms in total. The molecule has 2 aromatic rings. The first-order valence-corrected chi connectivity index (χ1v) is 8.48. The van der Waals surface area contributed by atoms with Crippen molar-refractivity contribution in [3.05, 3.63) is 59.8 Å². The second kappa shape index (κ2) is 7.96. The Balaban J connectivity index is 1.52. The van der Waals surface area contributed by atoms with Gasteiger partial charge in [0.2, 0.25) is 5.91 Å². The van der Waals surface area contributed by atoms with Crippen molar-refractivity contribution in [2.45, 2.75) is 19.3 Å². The first kappa shape index (κ1) is 17.2. The van der Waals surface area contributed by atoms with E-state index in [1.54, 1.807) is 28.0 Å². The molecule has 2 amide bonds. The zero-order valence-corrected chi connectivity index (χ0v) is 14.0. The maximum atomic E-state index is 13.2. The van der Waals surface area contributed by atoms with Crippen LogP contribution in [0.2, 0.25) is 0 Å². The summed E-state index contributed by atoms with van der Waals surface area (Å²) < 4.78 is 18.4. The summed E-state index contributed by atoms with van der Waals surface area (Å²) in [6.45, 7) is 2.23. The molecule has 6 heteroatoms. The molecule has 1 fully saturated rings. The fourth-order valence-corrected chi connectivity index (χ4v) is 3.03. The highest BCUT2D eigenvalue weighted by Crippen LogP contribution is 2.12. The number of carbonyl (C=O) groups excluding carboxylic acids is 2. The van der Waals surface area contributed by atoms with Gasteiger partial charge in [-0.2, -0.15) is 0 Å². The van der Waals surface area contributed by atoms with Gasteiger partial charge in [0.05, 0.1) is 6.26 Å². The molecule has 0 aliphatic carbocycles. The topological polar surface area (TPSA) is 53.8 Å². The molecule has 132 valence electrons. The van der Waals surface area contributed by atoms with Crippen LogP contribution < -0.4 is 0 Å². The minimum Gasteiger partial charge on any atom is -0.459 e. The number of amides is 2. The maximum Gasteiger partial charge on any atom is 0.289 e. The van der Waals surface area contributed by atoms with Gasteiger partial charge < -0.3 is 14.2 Å². The van der Waals surface area contributed by atoms with Gasteiger partial charge >= 0.3 is 0 Å². The summed E-state index contributed by atoms with van der Waals surface area (Å²) in [5.74, 6) is -0.0618. The molecule has 0 saturated carbocycles. The molecular weight excluding hydrogens is 323 g/mol. The first-order chi connectivity index (χ1) is 12.1. The van der Waals surface area contributed by atoms with Crippen LogP contribution in [-0.4, -0.2) is 47.8 Å². The lowest BCUT2D eigenvalue weighted by molar-refractivity contribution is -0.131. The van der Waals surface area contributed by atoms with Crippen molar-refractivity contribution in [3.8, 4) is 0 Å². The van der Waals surface area contributed by atoms with Gasteiger partial charge in [-0.3, -0.25) is 9.59 Å². The third-order valence-electron chi connectivity index (χ3n) is 4.38. The van der Waals surface area contributed by atoms with E-state index in [2.05, 4.69) is 0 Å². The molecule has 0 bridgehead atoms. The number of furan rings is 1. The van der Waals surface area contributed by atoms with Gasteiger partial charge in [-0.05, 0) is 42.7 Å². The van der Waals surface area contributed by atoms with Crippen LogP contribution in [0.15, 0.2) is 47.1 Å². The van der Waals surface area contributed by atoms with E-state index in [-0.39, 0.29) is 17.6 Å². The van der Waals surface area contributed by atoms with E-state index in [9.17, 15) is 14.0 Å². The van der Waals surface area contributed by atoms with Crippen LogP contribution in [0.1, 0.15) is 29.0 Å². The molecule has 0 N–H and O–H groups in total. The minimum absolute atomic E-state index is 0.0385. The number of halogens is 1. The summed E-state index contributed by atoms with van der Waals surface area (Å²) in [5.41, 5.74) is 0.817. The Bertz CT molecular complexity index is 730. The Hall–Kier alpha value is -2.63. The molecule has 1 aliphatic heterocycles. The van der Waals surface area contributed by atoms with Crippen LogP contribution in [0.3, 0.4) is 0 Å². The summed E-state index contributed by atoms with van der Waals surface area (Å²) in [6.07, 6.45) is 3.07. The van der Waals surface area contributed by atoms with Gasteiger partial charge in [-0.25, -0.2) is 4.39 Å². The largest absolute Gasteiger partial charge is 0.459 e. The Morgan fingerprint density at radius 1 is 1.04 bits per heavy atom. The van der Waals surface area contributed by atoms with Crippen LogP contribution >= 0.6 is 0 Å². The SMILES string of the molecule is O=C(CCc1cccc(F)c1)N1CCCN(C(=O)c2ccco2)CC1. The fourth-order valence-electron chi connectivity index (χ4n) is 3.03. The van der Waals surface area contributed by atoms with E-state index in [1.807, 2.05) is 6.07 Å². The minimum atomic E-state index is -0.285. The predicted molar refractivity (Wildman–Crippen MR) is 90.5 cm³/mol. The number of nitrogens with zero attached hydrogens (tertiary/aromatic N) is 2. The van der Waals surface area contributed by atoms with Gasteiger partial charge in [-0.1, -0.05) is 12.1 Å².